The van der Waals surface area contributed by atoms with E-state index in [0.29, 0.717) is 31.0 Å². The van der Waals surface area contributed by atoms with Gasteiger partial charge in [-0.25, -0.2) is 9.78 Å². The van der Waals surface area contributed by atoms with E-state index in [0.717, 1.165) is 34.8 Å². The number of carboxylic acid groups (broad SMARTS) is 1. The summed E-state index contributed by atoms with van der Waals surface area (Å²) in [6.45, 7) is 2.65. The van der Waals surface area contributed by atoms with Gasteiger partial charge in [-0.15, -0.1) is 11.3 Å². The fourth-order valence-corrected chi connectivity index (χ4v) is 4.59. The van der Waals surface area contributed by atoms with E-state index in [1.165, 1.54) is 4.90 Å². The number of oxime groups is 1. The Morgan fingerprint density at radius 2 is 2.07 bits per heavy atom. The summed E-state index contributed by atoms with van der Waals surface area (Å²) in [5.74, 6) is 0.319. The topological polar surface area (TPSA) is 92.1 Å². The number of carbonyl (C=O) groups excluding carboxylic acids is 1. The van der Waals surface area contributed by atoms with Crippen molar-refractivity contribution >= 4 is 28.9 Å². The summed E-state index contributed by atoms with van der Waals surface area (Å²) in [6, 6.07) is 7.45. The zero-order chi connectivity index (χ0) is 19.7. The van der Waals surface area contributed by atoms with Gasteiger partial charge in [0.1, 0.15) is 5.71 Å². The van der Waals surface area contributed by atoms with Crippen molar-refractivity contribution < 1.29 is 19.5 Å². The Kier molecular flexibility index (Phi) is 5.13. The smallest absolute Gasteiger partial charge is 0.407 e. The van der Waals surface area contributed by atoms with Crippen LogP contribution in [0.4, 0.5) is 4.79 Å². The number of aromatic nitrogens is 1. The number of nitrogens with zero attached hydrogens (tertiary/aromatic N) is 3. The van der Waals surface area contributed by atoms with Gasteiger partial charge >= 0.3 is 6.09 Å². The van der Waals surface area contributed by atoms with Gasteiger partial charge in [-0.2, -0.15) is 0 Å². The molecule has 1 fully saturated rings. The minimum absolute atomic E-state index is 0.0269. The summed E-state index contributed by atoms with van der Waals surface area (Å²) in [4.78, 5) is 34.5. The molecule has 146 valence electrons. The van der Waals surface area contributed by atoms with E-state index in [1.807, 2.05) is 23.6 Å². The first-order chi connectivity index (χ1) is 13.5. The number of hydrogen-bond acceptors (Lipinski definition) is 6. The molecular weight excluding hydrogens is 378 g/mol. The maximum Gasteiger partial charge on any atom is 0.407 e. The fraction of sp³-hybridized carbons (Fsp3) is 0.400. The van der Waals surface area contributed by atoms with Crippen LogP contribution in [0.1, 0.15) is 64.8 Å². The Hall–Kier alpha value is -2.74. The highest BCUT2D eigenvalue weighted by atomic mass is 32.1. The van der Waals surface area contributed by atoms with Crippen LogP contribution in [0.2, 0.25) is 0 Å². The molecule has 28 heavy (non-hydrogen) atoms. The largest absolute Gasteiger partial charge is 0.465 e. The highest BCUT2D eigenvalue weighted by Crippen LogP contribution is 2.33. The summed E-state index contributed by atoms with van der Waals surface area (Å²) < 4.78 is 0. The van der Waals surface area contributed by atoms with E-state index < -0.39 is 6.09 Å². The minimum Gasteiger partial charge on any atom is -0.465 e. The van der Waals surface area contributed by atoms with E-state index in [-0.39, 0.29) is 11.9 Å². The third kappa shape index (κ3) is 3.77. The number of hydrogen-bond donors (Lipinski definition) is 1. The van der Waals surface area contributed by atoms with Crippen molar-refractivity contribution in [2.45, 2.75) is 38.2 Å². The van der Waals surface area contributed by atoms with Crippen LogP contribution >= 0.6 is 11.3 Å². The molecule has 0 spiro atoms. The first-order valence-corrected chi connectivity index (χ1v) is 10.2. The number of piperidine rings is 1. The third-order valence-electron chi connectivity index (χ3n) is 5.27. The normalized spacial score (nSPS) is 20.0. The van der Waals surface area contributed by atoms with E-state index in [4.69, 9.17) is 14.9 Å². The number of Topliss-reactive ketones (excluding diaryl/α,β-unsaturated/α-hetero) is 1. The number of benzene rings is 1. The van der Waals surface area contributed by atoms with Gasteiger partial charge in [0.05, 0.1) is 10.7 Å². The van der Waals surface area contributed by atoms with E-state index in [9.17, 15) is 9.59 Å². The second kappa shape index (κ2) is 7.71. The van der Waals surface area contributed by atoms with Crippen molar-refractivity contribution in [1.82, 2.24) is 9.88 Å². The van der Waals surface area contributed by atoms with Crippen molar-refractivity contribution in [3.8, 4) is 0 Å². The summed E-state index contributed by atoms with van der Waals surface area (Å²) in [6.07, 6.45) is 1.14. The Morgan fingerprint density at radius 3 is 2.79 bits per heavy atom. The van der Waals surface area contributed by atoms with Crippen LogP contribution in [0, 0.1) is 0 Å². The molecule has 0 aliphatic carbocycles. The van der Waals surface area contributed by atoms with E-state index in [2.05, 4.69) is 5.16 Å². The molecule has 1 aromatic heterocycles. The quantitative estimate of drug-likeness (QED) is 0.783. The fourth-order valence-electron chi connectivity index (χ4n) is 3.59. The summed E-state index contributed by atoms with van der Waals surface area (Å²) in [5.41, 5.74) is 3.23. The number of thiazole rings is 1. The van der Waals surface area contributed by atoms with Crippen molar-refractivity contribution in [3.05, 3.63) is 51.5 Å². The van der Waals surface area contributed by atoms with Gasteiger partial charge < -0.3 is 14.8 Å². The van der Waals surface area contributed by atoms with Crippen LogP contribution < -0.4 is 0 Å². The molecule has 4 rings (SSSR count). The maximum absolute atomic E-state index is 11.6. The molecule has 8 heteroatoms. The summed E-state index contributed by atoms with van der Waals surface area (Å²) >= 11 is 1.60. The molecular formula is C20H21N3O4S. The molecule has 2 aliphatic rings. The molecule has 1 amide bonds. The predicted octanol–water partition coefficient (Wildman–Crippen LogP) is 4.07. The van der Waals surface area contributed by atoms with Crippen LogP contribution in [0.15, 0.2) is 34.8 Å². The lowest BCUT2D eigenvalue weighted by Gasteiger charge is -2.28. The monoisotopic (exact) mass is 399 g/mol. The lowest BCUT2D eigenvalue weighted by molar-refractivity contribution is 0.0856. The predicted molar refractivity (Wildman–Crippen MR) is 105 cm³/mol. The molecule has 3 heterocycles. The van der Waals surface area contributed by atoms with Crippen LogP contribution in [-0.4, -0.2) is 45.7 Å². The average Bonchev–Trinajstić information content (AvgIpc) is 3.38. The van der Waals surface area contributed by atoms with Crippen molar-refractivity contribution in [2.75, 3.05) is 13.1 Å². The molecule has 1 N–H and O–H groups in total. The molecule has 0 saturated carbocycles. The summed E-state index contributed by atoms with van der Waals surface area (Å²) in [5, 5.41) is 16.3. The number of carbonyl (C=O) groups is 2. The van der Waals surface area contributed by atoms with Crippen LogP contribution in [0.25, 0.3) is 0 Å². The van der Waals surface area contributed by atoms with Gasteiger partial charge in [-0.3, -0.25) is 4.79 Å². The van der Waals surface area contributed by atoms with E-state index >= 15 is 0 Å². The number of ketones is 1. The maximum atomic E-state index is 11.6. The molecule has 2 aromatic rings. The lowest BCUT2D eigenvalue weighted by atomic mass is 9.97. The van der Waals surface area contributed by atoms with Gasteiger partial charge in [0.25, 0.3) is 0 Å². The Bertz CT molecular complexity index is 931. The van der Waals surface area contributed by atoms with Crippen molar-refractivity contribution in [1.29, 1.82) is 0 Å². The highest BCUT2D eigenvalue weighted by Gasteiger charge is 2.28. The van der Waals surface area contributed by atoms with Gasteiger partial charge in [-0.05, 0) is 31.4 Å². The second-order valence-corrected chi connectivity index (χ2v) is 8.02. The molecule has 0 bridgehead atoms. The lowest BCUT2D eigenvalue weighted by Crippen LogP contribution is -2.36. The summed E-state index contributed by atoms with van der Waals surface area (Å²) in [7, 11) is 0. The number of likely N-dealkylation sites (tertiary alicyclic amines) is 1. The van der Waals surface area contributed by atoms with E-state index in [1.54, 1.807) is 24.3 Å². The standard InChI is InChI=1S/C20H21N3O4S/c1-12(24)14-3-2-4-15(9-14)18-10-16(22-27-18)17-11-28-19(21-17)13-5-7-23(8-6-13)20(25)26/h2-4,9,11,13,18H,5-8,10H2,1H3,(H,25,26). The molecule has 1 aromatic carbocycles. The molecule has 2 aliphatic heterocycles. The highest BCUT2D eigenvalue weighted by molar-refractivity contribution is 7.10. The van der Waals surface area contributed by atoms with Gasteiger partial charge in [0.15, 0.2) is 11.9 Å². The van der Waals surface area contributed by atoms with Gasteiger partial charge in [0, 0.05) is 36.4 Å². The Morgan fingerprint density at radius 1 is 1.29 bits per heavy atom. The second-order valence-electron chi connectivity index (χ2n) is 7.13. The number of rotatable bonds is 4. The average molecular weight is 399 g/mol. The van der Waals surface area contributed by atoms with Crippen LogP contribution in [0.3, 0.4) is 0 Å². The van der Waals surface area contributed by atoms with Crippen molar-refractivity contribution in [2.24, 2.45) is 5.16 Å². The molecule has 1 unspecified atom stereocenters. The SMILES string of the molecule is CC(=O)c1cccc(C2CC(c3csc(C4CCN(C(=O)O)CC4)n3)=NO2)c1. The van der Waals surface area contributed by atoms with Crippen molar-refractivity contribution in [3.63, 3.8) is 0 Å². The van der Waals surface area contributed by atoms with Crippen LogP contribution in [-0.2, 0) is 4.84 Å². The molecule has 7 nitrogen and oxygen atoms in total. The molecule has 0 radical (unpaired) electrons. The first-order valence-electron chi connectivity index (χ1n) is 9.28. The third-order valence-corrected chi connectivity index (χ3v) is 6.27. The molecule has 1 atom stereocenters. The first kappa shape index (κ1) is 18.6. The zero-order valence-electron chi connectivity index (χ0n) is 15.5. The Labute approximate surface area is 166 Å². The van der Waals surface area contributed by atoms with Crippen LogP contribution in [0.5, 0.6) is 0 Å². The van der Waals surface area contributed by atoms with Gasteiger partial charge in [-0.1, -0.05) is 23.4 Å². The Balaban J connectivity index is 1.41. The number of amides is 1. The molecule has 1 saturated heterocycles. The minimum atomic E-state index is -0.851. The zero-order valence-corrected chi connectivity index (χ0v) is 16.3. The van der Waals surface area contributed by atoms with Gasteiger partial charge in [0.2, 0.25) is 0 Å².